The molecule has 0 radical (unpaired) electrons. The molecule has 1 amide bonds. The van der Waals surface area contributed by atoms with E-state index in [-0.39, 0.29) is 42.8 Å². The number of nitrogens with one attached hydrogen (secondary N) is 1. The van der Waals surface area contributed by atoms with Gasteiger partial charge in [0.25, 0.3) is 0 Å². The molecule has 0 aliphatic rings. The van der Waals surface area contributed by atoms with Crippen LogP contribution in [-0.2, 0) is 18.3 Å². The Balaban J connectivity index is 1.92. The number of halogens is 2. The largest absolute Gasteiger partial charge is 0.396 e. The van der Waals surface area contributed by atoms with E-state index in [1.54, 1.807) is 25.4 Å². The van der Waals surface area contributed by atoms with Crippen molar-refractivity contribution in [3.63, 3.8) is 0 Å². The predicted octanol–water partition coefficient (Wildman–Crippen LogP) is 1.98. The van der Waals surface area contributed by atoms with E-state index >= 15 is 0 Å². The van der Waals surface area contributed by atoms with Crippen molar-refractivity contribution < 1.29 is 23.8 Å². The molecule has 2 heterocycles. The Hall–Kier alpha value is -3.37. The number of pyridine rings is 1. The first-order chi connectivity index (χ1) is 15.4. The SMILES string of the molecule is Cn1cc(-c2nc(NCCc3cccc(F)c3)c(N(C=O)CC(CO)CO)cc2F)cn1. The van der Waals surface area contributed by atoms with E-state index in [1.165, 1.54) is 34.0 Å². The van der Waals surface area contributed by atoms with Crippen LogP contribution in [0.2, 0.25) is 0 Å². The molecular formula is C22H25F2N5O3. The lowest BCUT2D eigenvalue weighted by molar-refractivity contribution is -0.107. The van der Waals surface area contributed by atoms with Gasteiger partial charge >= 0.3 is 0 Å². The van der Waals surface area contributed by atoms with Crippen LogP contribution >= 0.6 is 0 Å². The number of aryl methyl sites for hydroxylation is 1. The number of nitrogens with zero attached hydrogens (tertiary/aromatic N) is 4. The highest BCUT2D eigenvalue weighted by atomic mass is 19.1. The van der Waals surface area contributed by atoms with E-state index in [0.717, 1.165) is 5.56 Å². The molecule has 0 bridgehead atoms. The minimum atomic E-state index is -0.653. The lowest BCUT2D eigenvalue weighted by Crippen LogP contribution is -2.32. The standard InChI is InChI=1S/C22H25F2N5O3/c1-28-11-17(9-26-28)21-19(24)8-20(29(14-32)10-16(12-30)13-31)22(27-21)25-6-5-15-3-2-4-18(23)7-15/h2-4,7-9,11,14,16,30-31H,5-6,10,12-13H2,1H3,(H,25,27). The molecule has 170 valence electrons. The molecule has 8 nitrogen and oxygen atoms in total. The summed E-state index contributed by atoms with van der Waals surface area (Å²) in [7, 11) is 1.70. The zero-order valence-corrected chi connectivity index (χ0v) is 17.6. The molecule has 0 saturated carbocycles. The molecule has 2 aromatic heterocycles. The molecule has 10 heteroatoms. The minimum Gasteiger partial charge on any atom is -0.396 e. The number of hydrogen-bond acceptors (Lipinski definition) is 6. The summed E-state index contributed by atoms with van der Waals surface area (Å²) in [5.74, 6) is -1.35. The summed E-state index contributed by atoms with van der Waals surface area (Å²) in [6, 6.07) is 7.37. The third-order valence-corrected chi connectivity index (χ3v) is 4.94. The van der Waals surface area contributed by atoms with Gasteiger partial charge in [0.15, 0.2) is 11.6 Å². The molecule has 1 aromatic carbocycles. The Kier molecular flexibility index (Phi) is 7.85. The maximum absolute atomic E-state index is 14.9. The highest BCUT2D eigenvalue weighted by Gasteiger charge is 2.21. The molecule has 0 aliphatic carbocycles. The van der Waals surface area contributed by atoms with Gasteiger partial charge in [-0.25, -0.2) is 13.8 Å². The third-order valence-electron chi connectivity index (χ3n) is 4.94. The average Bonchev–Trinajstić information content (AvgIpc) is 3.21. The Morgan fingerprint density at radius 2 is 2.03 bits per heavy atom. The number of hydrogen-bond donors (Lipinski definition) is 3. The fourth-order valence-corrected chi connectivity index (χ4v) is 3.24. The van der Waals surface area contributed by atoms with Crippen molar-refractivity contribution in [2.24, 2.45) is 13.0 Å². The molecule has 0 fully saturated rings. The molecule has 0 unspecified atom stereocenters. The van der Waals surface area contributed by atoms with Gasteiger partial charge in [0.2, 0.25) is 6.41 Å². The molecule has 3 rings (SSSR count). The fraction of sp³-hybridized carbons (Fsp3) is 0.318. The van der Waals surface area contributed by atoms with Gasteiger partial charge < -0.3 is 20.4 Å². The lowest BCUT2D eigenvalue weighted by Gasteiger charge is -2.24. The average molecular weight is 445 g/mol. The van der Waals surface area contributed by atoms with Crippen LogP contribution in [0.4, 0.5) is 20.3 Å². The first kappa shape index (κ1) is 23.3. The monoisotopic (exact) mass is 445 g/mol. The first-order valence-electron chi connectivity index (χ1n) is 10.1. The summed E-state index contributed by atoms with van der Waals surface area (Å²) >= 11 is 0. The lowest BCUT2D eigenvalue weighted by atomic mass is 10.1. The van der Waals surface area contributed by atoms with Gasteiger partial charge in [0, 0.05) is 57.1 Å². The van der Waals surface area contributed by atoms with Crippen molar-refractivity contribution in [3.05, 3.63) is 59.9 Å². The molecule has 0 spiro atoms. The molecule has 0 saturated heterocycles. The Labute approximate surface area is 184 Å². The summed E-state index contributed by atoms with van der Waals surface area (Å²) in [6.07, 6.45) is 4.06. The van der Waals surface area contributed by atoms with Gasteiger partial charge in [-0.2, -0.15) is 5.10 Å². The molecule has 0 atom stereocenters. The zero-order chi connectivity index (χ0) is 23.1. The van der Waals surface area contributed by atoms with Crippen molar-refractivity contribution in [3.8, 4) is 11.3 Å². The van der Waals surface area contributed by atoms with Crippen LogP contribution in [0.25, 0.3) is 11.3 Å². The summed E-state index contributed by atoms with van der Waals surface area (Å²) in [4.78, 5) is 17.3. The van der Waals surface area contributed by atoms with Crippen molar-refractivity contribution in [2.45, 2.75) is 6.42 Å². The summed E-state index contributed by atoms with van der Waals surface area (Å²) in [5, 5.41) is 25.9. The topological polar surface area (TPSA) is 104 Å². The van der Waals surface area contributed by atoms with E-state index in [4.69, 9.17) is 0 Å². The van der Waals surface area contributed by atoms with Crippen molar-refractivity contribution in [1.82, 2.24) is 14.8 Å². The quantitative estimate of drug-likeness (QED) is 0.390. The first-order valence-corrected chi connectivity index (χ1v) is 10.1. The highest BCUT2D eigenvalue weighted by Crippen LogP contribution is 2.31. The molecule has 0 aliphatic heterocycles. The predicted molar refractivity (Wildman–Crippen MR) is 116 cm³/mol. The molecule has 3 aromatic rings. The van der Waals surface area contributed by atoms with Crippen molar-refractivity contribution >= 4 is 17.9 Å². The third kappa shape index (κ3) is 5.65. The number of carbonyl (C=O) groups excluding carboxylic acids is 1. The zero-order valence-electron chi connectivity index (χ0n) is 17.6. The van der Waals surface area contributed by atoms with Gasteiger partial charge in [-0.15, -0.1) is 0 Å². The van der Waals surface area contributed by atoms with Gasteiger partial charge in [-0.05, 0) is 24.1 Å². The second-order valence-electron chi connectivity index (χ2n) is 7.38. The maximum atomic E-state index is 14.9. The van der Waals surface area contributed by atoms with Gasteiger partial charge in [0.05, 0.1) is 11.9 Å². The normalized spacial score (nSPS) is 11.1. The Morgan fingerprint density at radius 3 is 2.66 bits per heavy atom. The maximum Gasteiger partial charge on any atom is 0.214 e. The number of aromatic nitrogens is 3. The van der Waals surface area contributed by atoms with Crippen LogP contribution < -0.4 is 10.2 Å². The smallest absolute Gasteiger partial charge is 0.214 e. The number of aliphatic hydroxyl groups excluding tert-OH is 2. The van der Waals surface area contributed by atoms with E-state index in [2.05, 4.69) is 15.4 Å². The van der Waals surface area contributed by atoms with E-state index in [9.17, 15) is 23.8 Å². The number of aliphatic hydroxyl groups is 2. The van der Waals surface area contributed by atoms with E-state index < -0.39 is 11.7 Å². The number of anilines is 2. The minimum absolute atomic E-state index is 0.0254. The van der Waals surface area contributed by atoms with Gasteiger partial charge in [0.1, 0.15) is 11.5 Å². The summed E-state index contributed by atoms with van der Waals surface area (Å²) < 4.78 is 29.9. The fourth-order valence-electron chi connectivity index (χ4n) is 3.24. The summed E-state index contributed by atoms with van der Waals surface area (Å²) in [6.45, 7) is -0.361. The second kappa shape index (κ2) is 10.8. The van der Waals surface area contributed by atoms with Crippen LogP contribution in [0.5, 0.6) is 0 Å². The van der Waals surface area contributed by atoms with E-state index in [1.807, 2.05) is 0 Å². The van der Waals surface area contributed by atoms with Gasteiger partial charge in [-0.1, -0.05) is 12.1 Å². The van der Waals surface area contributed by atoms with E-state index in [0.29, 0.717) is 24.9 Å². The summed E-state index contributed by atoms with van der Waals surface area (Å²) in [5.41, 5.74) is 1.45. The van der Waals surface area contributed by atoms with Crippen LogP contribution in [-0.4, -0.2) is 57.7 Å². The number of rotatable bonds is 11. The Morgan fingerprint density at radius 1 is 1.25 bits per heavy atom. The van der Waals surface area contributed by atoms with Crippen LogP contribution in [0.15, 0.2) is 42.7 Å². The van der Waals surface area contributed by atoms with Crippen molar-refractivity contribution in [1.29, 1.82) is 0 Å². The highest BCUT2D eigenvalue weighted by molar-refractivity contribution is 5.83. The number of amides is 1. The molecule has 32 heavy (non-hydrogen) atoms. The van der Waals surface area contributed by atoms with Crippen LogP contribution in [0.3, 0.4) is 0 Å². The molecular weight excluding hydrogens is 420 g/mol. The van der Waals surface area contributed by atoms with Gasteiger partial charge in [-0.3, -0.25) is 9.48 Å². The van der Waals surface area contributed by atoms with Crippen molar-refractivity contribution in [2.75, 3.05) is 36.5 Å². The van der Waals surface area contributed by atoms with Crippen LogP contribution in [0, 0.1) is 17.6 Å². The molecule has 3 N–H and O–H groups in total. The Bertz CT molecular complexity index is 1060. The number of carbonyl (C=O) groups is 1. The number of benzene rings is 1. The van der Waals surface area contributed by atoms with Crippen LogP contribution in [0.1, 0.15) is 5.56 Å². The second-order valence-corrected chi connectivity index (χ2v) is 7.38.